The molecule has 1 aromatic carbocycles. The topological polar surface area (TPSA) is 70.8 Å². The van der Waals surface area contributed by atoms with Crippen molar-refractivity contribution in [3.8, 4) is 11.1 Å². The Labute approximate surface area is 177 Å². The van der Waals surface area contributed by atoms with E-state index in [1.165, 1.54) is 0 Å². The molecule has 5 nitrogen and oxygen atoms in total. The average Bonchev–Trinajstić information content (AvgIpc) is 3.11. The van der Waals surface area contributed by atoms with Gasteiger partial charge >= 0.3 is 6.18 Å². The summed E-state index contributed by atoms with van der Waals surface area (Å²) < 4.78 is 39.2. The van der Waals surface area contributed by atoms with E-state index in [2.05, 4.69) is 21.0 Å². The van der Waals surface area contributed by atoms with Gasteiger partial charge in [0.2, 0.25) is 0 Å². The number of nitrogen functional groups attached to an aromatic ring is 1. The van der Waals surface area contributed by atoms with Gasteiger partial charge in [-0.1, -0.05) is 24.3 Å². The van der Waals surface area contributed by atoms with Gasteiger partial charge in [0.15, 0.2) is 0 Å². The first kappa shape index (κ1) is 19.8. The van der Waals surface area contributed by atoms with Crippen LogP contribution < -0.4 is 5.73 Å². The Kier molecular flexibility index (Phi) is 4.81. The van der Waals surface area contributed by atoms with Crippen LogP contribution >= 0.6 is 0 Å². The van der Waals surface area contributed by atoms with Crippen molar-refractivity contribution in [1.29, 1.82) is 0 Å². The normalized spacial score (nSPS) is 18.1. The molecular weight excluding hydrogens is 403 g/mol. The summed E-state index contributed by atoms with van der Waals surface area (Å²) in [7, 11) is 0. The summed E-state index contributed by atoms with van der Waals surface area (Å²) in [4.78, 5) is 13.8. The van der Waals surface area contributed by atoms with Gasteiger partial charge < -0.3 is 10.7 Å². The van der Waals surface area contributed by atoms with Crippen LogP contribution in [-0.4, -0.2) is 39.1 Å². The van der Waals surface area contributed by atoms with E-state index in [0.29, 0.717) is 25.3 Å². The molecule has 4 aromatic rings. The summed E-state index contributed by atoms with van der Waals surface area (Å²) in [6, 6.07) is 11.8. The number of piperidine rings is 1. The molecule has 0 spiro atoms. The fourth-order valence-electron chi connectivity index (χ4n) is 4.38. The number of nitrogens with zero attached hydrogens (tertiary/aromatic N) is 3. The van der Waals surface area contributed by atoms with Crippen molar-refractivity contribution in [2.45, 2.75) is 25.6 Å². The number of nitrogens with two attached hydrogens (primary N) is 1. The summed E-state index contributed by atoms with van der Waals surface area (Å²) >= 11 is 0. The summed E-state index contributed by atoms with van der Waals surface area (Å²) in [5.41, 5.74) is 10.5. The lowest BCUT2D eigenvalue weighted by Crippen LogP contribution is -2.41. The Bertz CT molecular complexity index is 1230. The molecule has 0 radical (unpaired) electrons. The molecular formula is C23H22F3N5. The number of alkyl halides is 3. The summed E-state index contributed by atoms with van der Waals surface area (Å²) in [5, 5.41) is 1.94. The van der Waals surface area contributed by atoms with E-state index < -0.39 is 12.1 Å². The van der Waals surface area contributed by atoms with E-state index in [9.17, 15) is 13.2 Å². The highest BCUT2D eigenvalue weighted by molar-refractivity contribution is 6.07. The SMILES string of the molecule is Nc1cc2c(cn1)[nH]c1ncc(-c3ccc(CN4CCCC(C(F)(F)F)C4)cc3)cc12. The Morgan fingerprint density at radius 1 is 1.03 bits per heavy atom. The van der Waals surface area contributed by atoms with Gasteiger partial charge in [-0.15, -0.1) is 0 Å². The van der Waals surface area contributed by atoms with Crippen molar-refractivity contribution >= 4 is 27.8 Å². The maximum atomic E-state index is 13.1. The number of pyridine rings is 2. The Hall–Kier alpha value is -3.13. The summed E-state index contributed by atoms with van der Waals surface area (Å²) in [6.07, 6.45) is 0.201. The van der Waals surface area contributed by atoms with Crippen molar-refractivity contribution in [3.63, 3.8) is 0 Å². The number of aromatic nitrogens is 3. The minimum Gasteiger partial charge on any atom is -0.384 e. The van der Waals surface area contributed by atoms with Crippen molar-refractivity contribution in [1.82, 2.24) is 19.9 Å². The zero-order valence-electron chi connectivity index (χ0n) is 16.8. The monoisotopic (exact) mass is 425 g/mol. The van der Waals surface area contributed by atoms with Crippen LogP contribution in [0.1, 0.15) is 18.4 Å². The predicted octanol–water partition coefficient (Wildman–Crippen LogP) is 5.13. The van der Waals surface area contributed by atoms with Crippen LogP contribution in [0, 0.1) is 5.92 Å². The highest BCUT2D eigenvalue weighted by Crippen LogP contribution is 2.34. The maximum absolute atomic E-state index is 13.1. The molecule has 8 heteroatoms. The van der Waals surface area contributed by atoms with Crippen LogP contribution in [0.15, 0.2) is 48.8 Å². The van der Waals surface area contributed by atoms with E-state index in [4.69, 9.17) is 5.73 Å². The van der Waals surface area contributed by atoms with Crippen molar-refractivity contribution in [2.75, 3.05) is 18.8 Å². The number of likely N-dealkylation sites (tertiary alicyclic amines) is 1. The lowest BCUT2D eigenvalue weighted by Gasteiger charge is -2.33. The molecule has 0 aliphatic carbocycles. The van der Waals surface area contributed by atoms with Crippen LogP contribution in [0.25, 0.3) is 33.1 Å². The molecule has 0 saturated carbocycles. The minimum absolute atomic E-state index is 0.0738. The number of halogens is 3. The number of aromatic amines is 1. The van der Waals surface area contributed by atoms with Gasteiger partial charge in [-0.25, -0.2) is 9.97 Å². The van der Waals surface area contributed by atoms with E-state index in [-0.39, 0.29) is 13.0 Å². The van der Waals surface area contributed by atoms with Crippen molar-refractivity contribution in [2.24, 2.45) is 5.92 Å². The Morgan fingerprint density at radius 2 is 1.84 bits per heavy atom. The highest BCUT2D eigenvalue weighted by atomic mass is 19.4. The fourth-order valence-corrected chi connectivity index (χ4v) is 4.38. The lowest BCUT2D eigenvalue weighted by atomic mass is 9.97. The Balaban J connectivity index is 1.37. The van der Waals surface area contributed by atoms with Crippen molar-refractivity contribution < 1.29 is 13.2 Å². The van der Waals surface area contributed by atoms with E-state index in [1.54, 1.807) is 6.20 Å². The third kappa shape index (κ3) is 3.95. The number of fused-ring (bicyclic) bond motifs is 3. The zero-order valence-corrected chi connectivity index (χ0v) is 16.8. The van der Waals surface area contributed by atoms with Crippen molar-refractivity contribution in [3.05, 3.63) is 54.4 Å². The maximum Gasteiger partial charge on any atom is 0.393 e. The molecule has 5 rings (SSSR count). The van der Waals surface area contributed by atoms with Crippen LogP contribution in [0.5, 0.6) is 0 Å². The second-order valence-corrected chi connectivity index (χ2v) is 8.21. The second kappa shape index (κ2) is 7.53. The molecule has 0 bridgehead atoms. The molecule has 160 valence electrons. The lowest BCUT2D eigenvalue weighted by molar-refractivity contribution is -0.187. The van der Waals surface area contributed by atoms with Crippen LogP contribution in [0.3, 0.4) is 0 Å². The number of nitrogens with one attached hydrogen (secondary N) is 1. The van der Waals surface area contributed by atoms with E-state index >= 15 is 0 Å². The quantitative estimate of drug-likeness (QED) is 0.477. The molecule has 1 aliphatic heterocycles. The van der Waals surface area contributed by atoms with E-state index in [1.807, 2.05) is 41.4 Å². The van der Waals surface area contributed by atoms with Gasteiger partial charge in [0.1, 0.15) is 11.5 Å². The molecule has 1 saturated heterocycles. The van der Waals surface area contributed by atoms with Gasteiger partial charge in [0.25, 0.3) is 0 Å². The molecule has 1 fully saturated rings. The minimum atomic E-state index is -4.11. The third-order valence-electron chi connectivity index (χ3n) is 6.02. The second-order valence-electron chi connectivity index (χ2n) is 8.21. The highest BCUT2D eigenvalue weighted by Gasteiger charge is 2.41. The molecule has 0 amide bonds. The number of anilines is 1. The predicted molar refractivity (Wildman–Crippen MR) is 115 cm³/mol. The zero-order chi connectivity index (χ0) is 21.6. The average molecular weight is 425 g/mol. The molecule has 1 unspecified atom stereocenters. The number of hydrogen-bond donors (Lipinski definition) is 2. The van der Waals surface area contributed by atoms with E-state index in [0.717, 1.165) is 38.6 Å². The number of hydrogen-bond acceptors (Lipinski definition) is 4. The molecule has 3 aromatic heterocycles. The first-order valence-electron chi connectivity index (χ1n) is 10.3. The largest absolute Gasteiger partial charge is 0.393 e. The molecule has 1 aliphatic rings. The number of benzene rings is 1. The molecule has 3 N–H and O–H groups in total. The fraction of sp³-hybridized carbons (Fsp3) is 0.304. The number of H-pyrrole nitrogens is 1. The molecule has 4 heterocycles. The van der Waals surface area contributed by atoms with Gasteiger partial charge in [-0.3, -0.25) is 4.90 Å². The van der Waals surface area contributed by atoms with Gasteiger partial charge in [-0.2, -0.15) is 13.2 Å². The van der Waals surface area contributed by atoms with Crippen LogP contribution in [-0.2, 0) is 6.54 Å². The molecule has 1 atom stereocenters. The van der Waals surface area contributed by atoms with Crippen LogP contribution in [0.2, 0.25) is 0 Å². The summed E-state index contributed by atoms with van der Waals surface area (Å²) in [6.45, 7) is 1.30. The first-order chi connectivity index (χ1) is 14.9. The smallest absolute Gasteiger partial charge is 0.384 e. The standard InChI is InChI=1S/C23H22F3N5/c24-23(25,26)17-2-1-7-31(13-17)12-14-3-5-15(6-4-14)16-8-19-18-9-21(27)28-11-20(18)30-22(19)29-10-16/h3-6,8-11,17H,1-2,7,12-13H2,(H2,27,28)(H,29,30). The molecule has 31 heavy (non-hydrogen) atoms. The van der Waals surface area contributed by atoms with Crippen LogP contribution in [0.4, 0.5) is 19.0 Å². The van der Waals surface area contributed by atoms with Gasteiger partial charge in [0, 0.05) is 35.6 Å². The Morgan fingerprint density at radius 3 is 2.61 bits per heavy atom. The third-order valence-corrected chi connectivity index (χ3v) is 6.02. The summed E-state index contributed by atoms with van der Waals surface area (Å²) in [5.74, 6) is -0.771. The van der Waals surface area contributed by atoms with Gasteiger partial charge in [-0.05, 0) is 42.6 Å². The first-order valence-corrected chi connectivity index (χ1v) is 10.3. The van der Waals surface area contributed by atoms with Gasteiger partial charge in [0.05, 0.1) is 17.6 Å². The number of rotatable bonds is 3.